The standard InChI is InChI=1S/C20H27F2N5O.HI/c1-2-23-20(26-14-8-7-13-25-18-11-5-6-12-24-18)27-15-16-9-3-4-10-17(16)28-19(21)22;/h3-6,9-12,19H,2,7-8,13-15H2,1H3,(H,24,25)(H2,23,26,27);1H. The first-order chi connectivity index (χ1) is 13.7. The quantitative estimate of drug-likeness (QED) is 0.179. The number of rotatable bonds is 11. The lowest BCUT2D eigenvalue weighted by Crippen LogP contribution is -2.37. The molecule has 0 aliphatic heterocycles. The average Bonchev–Trinajstić information content (AvgIpc) is 2.70. The lowest BCUT2D eigenvalue weighted by atomic mass is 10.2. The van der Waals surface area contributed by atoms with E-state index in [0.717, 1.165) is 31.7 Å². The molecule has 160 valence electrons. The van der Waals surface area contributed by atoms with E-state index in [1.807, 2.05) is 25.1 Å². The minimum absolute atomic E-state index is 0. The molecule has 0 spiro atoms. The van der Waals surface area contributed by atoms with E-state index in [2.05, 4.69) is 30.7 Å². The zero-order valence-corrected chi connectivity index (χ0v) is 18.7. The van der Waals surface area contributed by atoms with Crippen LogP contribution < -0.4 is 20.7 Å². The highest BCUT2D eigenvalue weighted by Crippen LogP contribution is 2.20. The van der Waals surface area contributed by atoms with Gasteiger partial charge in [0.15, 0.2) is 5.96 Å². The summed E-state index contributed by atoms with van der Waals surface area (Å²) in [5, 5.41) is 9.68. The van der Waals surface area contributed by atoms with E-state index in [4.69, 9.17) is 0 Å². The topological polar surface area (TPSA) is 70.6 Å². The van der Waals surface area contributed by atoms with Crippen molar-refractivity contribution in [2.24, 2.45) is 4.99 Å². The van der Waals surface area contributed by atoms with Gasteiger partial charge in [-0.1, -0.05) is 24.3 Å². The number of benzene rings is 1. The number of halogens is 3. The zero-order valence-electron chi connectivity index (χ0n) is 16.4. The molecule has 1 aromatic carbocycles. The van der Waals surface area contributed by atoms with Crippen molar-refractivity contribution < 1.29 is 13.5 Å². The van der Waals surface area contributed by atoms with Crippen LogP contribution in [0.2, 0.25) is 0 Å². The largest absolute Gasteiger partial charge is 0.434 e. The van der Waals surface area contributed by atoms with Crippen LogP contribution in [0, 0.1) is 0 Å². The van der Waals surface area contributed by atoms with Crippen molar-refractivity contribution in [2.45, 2.75) is 32.9 Å². The van der Waals surface area contributed by atoms with E-state index in [1.165, 1.54) is 6.07 Å². The van der Waals surface area contributed by atoms with Gasteiger partial charge in [0.05, 0.1) is 6.54 Å². The second-order valence-electron chi connectivity index (χ2n) is 5.96. The van der Waals surface area contributed by atoms with Gasteiger partial charge in [0.25, 0.3) is 0 Å². The van der Waals surface area contributed by atoms with Gasteiger partial charge in [-0.05, 0) is 38.0 Å². The van der Waals surface area contributed by atoms with E-state index < -0.39 is 6.61 Å². The first kappa shape index (κ1) is 24.9. The fourth-order valence-corrected chi connectivity index (χ4v) is 2.49. The predicted octanol–water partition coefficient (Wildman–Crippen LogP) is 4.25. The van der Waals surface area contributed by atoms with Crippen molar-refractivity contribution in [1.82, 2.24) is 15.6 Å². The number of nitrogens with zero attached hydrogens (tertiary/aromatic N) is 2. The van der Waals surface area contributed by atoms with Crippen LogP contribution in [-0.4, -0.2) is 37.2 Å². The summed E-state index contributed by atoms with van der Waals surface area (Å²) < 4.78 is 29.6. The normalized spacial score (nSPS) is 11.0. The number of nitrogens with one attached hydrogen (secondary N) is 3. The number of ether oxygens (including phenoxy) is 1. The highest BCUT2D eigenvalue weighted by molar-refractivity contribution is 14.0. The van der Waals surface area contributed by atoms with Gasteiger partial charge >= 0.3 is 6.61 Å². The third kappa shape index (κ3) is 10.2. The maximum absolute atomic E-state index is 12.5. The third-order valence-electron chi connectivity index (χ3n) is 3.81. The van der Waals surface area contributed by atoms with Gasteiger partial charge in [0.1, 0.15) is 11.6 Å². The number of hydrogen-bond acceptors (Lipinski definition) is 4. The first-order valence-electron chi connectivity index (χ1n) is 9.39. The highest BCUT2D eigenvalue weighted by atomic mass is 127. The monoisotopic (exact) mass is 519 g/mol. The molecule has 1 heterocycles. The Bertz CT molecular complexity index is 719. The smallest absolute Gasteiger partial charge is 0.387 e. The molecule has 2 aromatic rings. The van der Waals surface area contributed by atoms with Crippen LogP contribution in [0.3, 0.4) is 0 Å². The summed E-state index contributed by atoms with van der Waals surface area (Å²) in [4.78, 5) is 8.68. The molecule has 0 amide bonds. The molecule has 0 aliphatic carbocycles. The Morgan fingerprint density at radius 1 is 1.07 bits per heavy atom. The van der Waals surface area contributed by atoms with Crippen LogP contribution in [0.25, 0.3) is 0 Å². The Kier molecular flexibility index (Phi) is 12.7. The van der Waals surface area contributed by atoms with Crippen LogP contribution in [0.5, 0.6) is 5.75 Å². The van der Waals surface area contributed by atoms with Gasteiger partial charge in [-0.2, -0.15) is 8.78 Å². The van der Waals surface area contributed by atoms with Crippen LogP contribution in [0.1, 0.15) is 25.3 Å². The second kappa shape index (κ2) is 14.8. The van der Waals surface area contributed by atoms with Gasteiger partial charge in [0, 0.05) is 31.4 Å². The van der Waals surface area contributed by atoms with E-state index in [-0.39, 0.29) is 36.3 Å². The van der Waals surface area contributed by atoms with Crippen molar-refractivity contribution in [2.75, 3.05) is 25.0 Å². The summed E-state index contributed by atoms with van der Waals surface area (Å²) in [7, 11) is 0. The fraction of sp³-hybridized carbons (Fsp3) is 0.400. The van der Waals surface area contributed by atoms with E-state index >= 15 is 0 Å². The number of guanidine groups is 1. The fourth-order valence-electron chi connectivity index (χ4n) is 2.49. The predicted molar refractivity (Wildman–Crippen MR) is 123 cm³/mol. The van der Waals surface area contributed by atoms with Gasteiger partial charge in [0.2, 0.25) is 0 Å². The van der Waals surface area contributed by atoms with Gasteiger partial charge in [-0.3, -0.25) is 0 Å². The maximum atomic E-state index is 12.5. The number of pyridine rings is 1. The summed E-state index contributed by atoms with van der Waals surface area (Å²) in [6.45, 7) is 1.68. The SMILES string of the molecule is CCNC(=NCc1ccccc1OC(F)F)NCCCCNc1ccccn1.I. The number of aromatic nitrogens is 1. The van der Waals surface area contributed by atoms with Crippen LogP contribution in [-0.2, 0) is 6.54 Å². The second-order valence-corrected chi connectivity index (χ2v) is 5.96. The molecule has 1 aromatic heterocycles. The minimum Gasteiger partial charge on any atom is -0.434 e. The number of hydrogen-bond donors (Lipinski definition) is 3. The summed E-state index contributed by atoms with van der Waals surface area (Å²) >= 11 is 0. The third-order valence-corrected chi connectivity index (χ3v) is 3.81. The molecule has 0 fully saturated rings. The van der Waals surface area contributed by atoms with Gasteiger partial charge < -0.3 is 20.7 Å². The summed E-state index contributed by atoms with van der Waals surface area (Å²) in [6, 6.07) is 12.4. The van der Waals surface area contributed by atoms with Crippen molar-refractivity contribution >= 4 is 35.8 Å². The molecule has 9 heteroatoms. The van der Waals surface area contributed by atoms with Gasteiger partial charge in [-0.15, -0.1) is 24.0 Å². The Hall–Kier alpha value is -2.17. The molecule has 0 aliphatic rings. The van der Waals surface area contributed by atoms with Crippen LogP contribution in [0.4, 0.5) is 14.6 Å². The molecule has 29 heavy (non-hydrogen) atoms. The Morgan fingerprint density at radius 2 is 1.83 bits per heavy atom. The molecule has 0 bridgehead atoms. The summed E-state index contributed by atoms with van der Waals surface area (Å²) in [5.41, 5.74) is 0.611. The number of anilines is 1. The van der Waals surface area contributed by atoms with Gasteiger partial charge in [-0.25, -0.2) is 9.98 Å². The van der Waals surface area contributed by atoms with Crippen molar-refractivity contribution in [3.05, 3.63) is 54.2 Å². The lowest BCUT2D eigenvalue weighted by Gasteiger charge is -2.13. The van der Waals surface area contributed by atoms with E-state index in [1.54, 1.807) is 24.4 Å². The number of alkyl halides is 2. The summed E-state index contributed by atoms with van der Waals surface area (Å²) in [6.07, 6.45) is 3.69. The molecule has 0 unspecified atom stereocenters. The van der Waals surface area contributed by atoms with Crippen LogP contribution >= 0.6 is 24.0 Å². The molecule has 6 nitrogen and oxygen atoms in total. The van der Waals surface area contributed by atoms with Crippen molar-refractivity contribution in [3.8, 4) is 5.75 Å². The van der Waals surface area contributed by atoms with Crippen LogP contribution in [0.15, 0.2) is 53.7 Å². The first-order valence-corrected chi connectivity index (χ1v) is 9.39. The van der Waals surface area contributed by atoms with Crippen molar-refractivity contribution in [1.29, 1.82) is 0 Å². The maximum Gasteiger partial charge on any atom is 0.387 e. The molecule has 0 saturated carbocycles. The zero-order chi connectivity index (χ0) is 20.0. The molecule has 0 radical (unpaired) electrons. The molecular weight excluding hydrogens is 491 g/mol. The van der Waals surface area contributed by atoms with E-state index in [9.17, 15) is 8.78 Å². The number of aliphatic imine (C=N–C) groups is 1. The minimum atomic E-state index is -2.85. The Labute approximate surface area is 187 Å². The Balaban J connectivity index is 0.00000420. The summed E-state index contributed by atoms with van der Waals surface area (Å²) in [5.74, 6) is 1.67. The molecule has 3 N–H and O–H groups in total. The molecular formula is C20H28F2IN5O. The highest BCUT2D eigenvalue weighted by Gasteiger charge is 2.08. The molecule has 0 saturated heterocycles. The van der Waals surface area contributed by atoms with E-state index in [0.29, 0.717) is 18.1 Å². The Morgan fingerprint density at radius 3 is 2.55 bits per heavy atom. The lowest BCUT2D eigenvalue weighted by molar-refractivity contribution is -0.0504. The molecule has 2 rings (SSSR count). The average molecular weight is 519 g/mol. The number of para-hydroxylation sites is 1. The number of unbranched alkanes of at least 4 members (excludes halogenated alkanes) is 1. The molecule has 0 atom stereocenters. The van der Waals surface area contributed by atoms with Crippen molar-refractivity contribution in [3.63, 3.8) is 0 Å².